The van der Waals surface area contributed by atoms with Crippen molar-refractivity contribution >= 4 is 27.5 Å². The second kappa shape index (κ2) is 6.06. The molecule has 0 aliphatic rings. The highest BCUT2D eigenvalue weighted by Gasteiger charge is 2.09. The summed E-state index contributed by atoms with van der Waals surface area (Å²) in [5.41, 5.74) is 7.17. The number of anilines is 1. The molecule has 88 valence electrons. The van der Waals surface area contributed by atoms with Gasteiger partial charge in [-0.1, -0.05) is 35.2 Å². The van der Waals surface area contributed by atoms with E-state index in [0.717, 1.165) is 4.47 Å². The molecule has 3 N–H and O–H groups in total. The van der Waals surface area contributed by atoms with Gasteiger partial charge in [0.2, 0.25) is 0 Å². The van der Waals surface area contributed by atoms with Gasteiger partial charge in [0.1, 0.15) is 0 Å². The van der Waals surface area contributed by atoms with Crippen LogP contribution in [0, 0.1) is 0 Å². The van der Waals surface area contributed by atoms with Gasteiger partial charge >= 0.3 is 0 Å². The Morgan fingerprint density at radius 3 is 2.65 bits per heavy atom. The summed E-state index contributed by atoms with van der Waals surface area (Å²) in [7, 11) is 0. The topological polar surface area (TPSA) is 55.1 Å². The molecule has 0 aliphatic carbocycles. The van der Waals surface area contributed by atoms with Gasteiger partial charge in [-0.05, 0) is 30.4 Å². The van der Waals surface area contributed by atoms with E-state index in [2.05, 4.69) is 34.4 Å². The molecule has 0 atom stereocenters. The lowest BCUT2D eigenvalue weighted by molar-refractivity contribution is 0.0968. The SMILES string of the molecule is C=C/C=C(\C=C)NC(=O)c1ccc(Br)cc1N. The first-order chi connectivity index (χ1) is 8.08. The summed E-state index contributed by atoms with van der Waals surface area (Å²) >= 11 is 3.28. The van der Waals surface area contributed by atoms with Crippen LogP contribution in [0.15, 0.2) is 59.8 Å². The second-order valence-corrected chi connectivity index (χ2v) is 4.16. The largest absolute Gasteiger partial charge is 0.398 e. The quantitative estimate of drug-likeness (QED) is 0.662. The summed E-state index contributed by atoms with van der Waals surface area (Å²) in [4.78, 5) is 11.9. The highest BCUT2D eigenvalue weighted by Crippen LogP contribution is 2.18. The molecule has 0 heterocycles. The Hall–Kier alpha value is -1.81. The number of allylic oxidation sites excluding steroid dienone is 3. The third kappa shape index (κ3) is 3.60. The Labute approximate surface area is 109 Å². The fourth-order valence-corrected chi connectivity index (χ4v) is 1.61. The number of rotatable bonds is 4. The predicted molar refractivity (Wildman–Crippen MR) is 74.5 cm³/mol. The van der Waals surface area contributed by atoms with Crippen LogP contribution in [-0.4, -0.2) is 5.91 Å². The maximum Gasteiger partial charge on any atom is 0.257 e. The molecule has 0 aliphatic heterocycles. The second-order valence-electron chi connectivity index (χ2n) is 3.25. The van der Waals surface area contributed by atoms with Crippen LogP contribution in [0.3, 0.4) is 0 Å². The average molecular weight is 293 g/mol. The van der Waals surface area contributed by atoms with E-state index in [4.69, 9.17) is 5.73 Å². The number of nitrogens with one attached hydrogen (secondary N) is 1. The van der Waals surface area contributed by atoms with E-state index < -0.39 is 0 Å². The molecule has 3 nitrogen and oxygen atoms in total. The summed E-state index contributed by atoms with van der Waals surface area (Å²) < 4.78 is 0.831. The molecule has 0 bridgehead atoms. The fourth-order valence-electron chi connectivity index (χ4n) is 1.23. The van der Waals surface area contributed by atoms with Crippen LogP contribution in [0.5, 0.6) is 0 Å². The molecule has 1 amide bonds. The summed E-state index contributed by atoms with van der Waals surface area (Å²) in [6.45, 7) is 7.14. The summed E-state index contributed by atoms with van der Waals surface area (Å²) in [5.74, 6) is -0.275. The van der Waals surface area contributed by atoms with E-state index in [0.29, 0.717) is 16.9 Å². The van der Waals surface area contributed by atoms with E-state index in [-0.39, 0.29) is 5.91 Å². The average Bonchev–Trinajstić information content (AvgIpc) is 2.28. The fraction of sp³-hybridized carbons (Fsp3) is 0. The molecule has 0 radical (unpaired) electrons. The number of halogens is 1. The molecule has 0 unspecified atom stereocenters. The lowest BCUT2D eigenvalue weighted by atomic mass is 10.1. The lowest BCUT2D eigenvalue weighted by Crippen LogP contribution is -2.22. The van der Waals surface area contributed by atoms with E-state index in [1.165, 1.54) is 6.08 Å². The minimum Gasteiger partial charge on any atom is -0.398 e. The molecular formula is C13H13BrN2O. The monoisotopic (exact) mass is 292 g/mol. The molecule has 1 rings (SSSR count). The minimum absolute atomic E-state index is 0.275. The Kier molecular flexibility index (Phi) is 4.72. The maximum absolute atomic E-state index is 11.9. The van der Waals surface area contributed by atoms with Crippen LogP contribution in [0.25, 0.3) is 0 Å². The van der Waals surface area contributed by atoms with Gasteiger partial charge in [-0.3, -0.25) is 4.79 Å². The zero-order valence-corrected chi connectivity index (χ0v) is 10.8. The van der Waals surface area contributed by atoms with Crippen LogP contribution >= 0.6 is 15.9 Å². The Morgan fingerprint density at radius 1 is 1.41 bits per heavy atom. The first-order valence-corrected chi connectivity index (χ1v) is 5.69. The number of hydrogen-bond acceptors (Lipinski definition) is 2. The van der Waals surface area contributed by atoms with Gasteiger partial charge in [0.05, 0.1) is 5.56 Å². The van der Waals surface area contributed by atoms with Gasteiger partial charge in [-0.25, -0.2) is 0 Å². The summed E-state index contributed by atoms with van der Waals surface area (Å²) in [6.07, 6.45) is 4.76. The highest BCUT2D eigenvalue weighted by molar-refractivity contribution is 9.10. The third-order valence-corrected chi connectivity index (χ3v) is 2.53. The standard InChI is InChI=1S/C13H13BrN2O/c1-3-5-10(4-2)16-13(17)11-7-6-9(14)8-12(11)15/h3-8H,1-2,15H2,(H,16,17)/b10-5+. The molecule has 0 aromatic heterocycles. The lowest BCUT2D eigenvalue weighted by Gasteiger charge is -2.08. The smallest absolute Gasteiger partial charge is 0.257 e. The molecule has 17 heavy (non-hydrogen) atoms. The molecule has 0 saturated heterocycles. The van der Waals surface area contributed by atoms with E-state index in [9.17, 15) is 4.79 Å². The molecule has 1 aromatic rings. The zero-order valence-electron chi connectivity index (χ0n) is 9.24. The number of benzene rings is 1. The number of amides is 1. The van der Waals surface area contributed by atoms with Gasteiger partial charge in [0, 0.05) is 15.9 Å². The Balaban J connectivity index is 2.93. The Bertz CT molecular complexity index is 492. The summed E-state index contributed by atoms with van der Waals surface area (Å²) in [5, 5.41) is 2.68. The van der Waals surface area contributed by atoms with Gasteiger partial charge in [0.15, 0.2) is 0 Å². The summed E-state index contributed by atoms with van der Waals surface area (Å²) in [6, 6.07) is 5.10. The molecule has 0 fully saturated rings. The normalized spacial score (nSPS) is 10.8. The van der Waals surface area contributed by atoms with Crippen molar-refractivity contribution < 1.29 is 4.79 Å². The van der Waals surface area contributed by atoms with E-state index in [1.54, 1.807) is 30.4 Å². The van der Waals surface area contributed by atoms with Crippen molar-refractivity contribution in [2.45, 2.75) is 0 Å². The van der Waals surface area contributed by atoms with Crippen molar-refractivity contribution in [2.75, 3.05) is 5.73 Å². The molecular weight excluding hydrogens is 280 g/mol. The molecule has 0 saturated carbocycles. The van der Waals surface area contributed by atoms with Crippen molar-refractivity contribution in [3.8, 4) is 0 Å². The molecule has 4 heteroatoms. The zero-order chi connectivity index (χ0) is 12.8. The van der Waals surface area contributed by atoms with Gasteiger partial charge in [-0.15, -0.1) is 0 Å². The highest BCUT2D eigenvalue weighted by atomic mass is 79.9. The van der Waals surface area contributed by atoms with E-state index >= 15 is 0 Å². The van der Waals surface area contributed by atoms with Crippen molar-refractivity contribution in [2.24, 2.45) is 0 Å². The Morgan fingerprint density at radius 2 is 2.12 bits per heavy atom. The van der Waals surface area contributed by atoms with Crippen molar-refractivity contribution in [1.82, 2.24) is 5.32 Å². The number of nitrogen functional groups attached to an aromatic ring is 1. The maximum atomic E-state index is 11.9. The first-order valence-electron chi connectivity index (χ1n) is 4.90. The minimum atomic E-state index is -0.275. The van der Waals surface area contributed by atoms with Gasteiger partial charge < -0.3 is 11.1 Å². The molecule has 0 spiro atoms. The van der Waals surface area contributed by atoms with Crippen molar-refractivity contribution in [1.29, 1.82) is 0 Å². The van der Waals surface area contributed by atoms with Crippen molar-refractivity contribution in [3.05, 3.63) is 65.3 Å². The van der Waals surface area contributed by atoms with Crippen LogP contribution in [0.4, 0.5) is 5.69 Å². The first kappa shape index (κ1) is 13.3. The molecule has 1 aromatic carbocycles. The van der Waals surface area contributed by atoms with Gasteiger partial charge in [-0.2, -0.15) is 0 Å². The number of nitrogens with two attached hydrogens (primary N) is 1. The van der Waals surface area contributed by atoms with Crippen molar-refractivity contribution in [3.63, 3.8) is 0 Å². The number of carbonyl (C=O) groups excluding carboxylic acids is 1. The van der Waals surface area contributed by atoms with Crippen LogP contribution in [-0.2, 0) is 0 Å². The van der Waals surface area contributed by atoms with Gasteiger partial charge in [0.25, 0.3) is 5.91 Å². The van der Waals surface area contributed by atoms with Crippen LogP contribution < -0.4 is 11.1 Å². The van der Waals surface area contributed by atoms with E-state index in [1.807, 2.05) is 0 Å². The van der Waals surface area contributed by atoms with Crippen LogP contribution in [0.2, 0.25) is 0 Å². The number of carbonyl (C=O) groups is 1. The predicted octanol–water partition coefficient (Wildman–Crippen LogP) is 3.02. The third-order valence-electron chi connectivity index (χ3n) is 2.03. The number of hydrogen-bond donors (Lipinski definition) is 2. The van der Waals surface area contributed by atoms with Crippen LogP contribution in [0.1, 0.15) is 10.4 Å².